The Kier molecular flexibility index (Phi) is 4.90. The number of aryl methyl sites for hydroxylation is 1. The predicted octanol–water partition coefficient (Wildman–Crippen LogP) is 1.23. The average molecular weight is 392 g/mol. The van der Waals surface area contributed by atoms with E-state index < -0.39 is 0 Å². The van der Waals surface area contributed by atoms with Gasteiger partial charge in [-0.15, -0.1) is 0 Å². The van der Waals surface area contributed by atoms with E-state index in [4.69, 9.17) is 20.9 Å². The number of hydrogen-bond donors (Lipinski definition) is 1. The fraction of sp³-hybridized carbons (Fsp3) is 0.438. The lowest BCUT2D eigenvalue weighted by atomic mass is 10.2. The van der Waals surface area contributed by atoms with E-state index in [0.717, 1.165) is 5.56 Å². The zero-order chi connectivity index (χ0) is 18.8. The minimum absolute atomic E-state index is 0.0147. The number of amides is 2. The molecule has 4 rings (SSSR count). The third kappa shape index (κ3) is 4.01. The van der Waals surface area contributed by atoms with Crippen LogP contribution in [0.5, 0.6) is 0 Å². The minimum Gasteiger partial charge on any atom is -0.365 e. The van der Waals surface area contributed by atoms with Gasteiger partial charge in [0.25, 0.3) is 5.89 Å². The third-order valence-electron chi connectivity index (χ3n) is 4.20. The molecule has 2 amide bonds. The molecule has 1 saturated heterocycles. The van der Waals surface area contributed by atoms with Crippen molar-refractivity contribution in [3.8, 4) is 0 Å². The molecule has 0 atom stereocenters. The predicted molar refractivity (Wildman–Crippen MR) is 94.3 cm³/mol. The summed E-state index contributed by atoms with van der Waals surface area (Å²) in [5, 5.41) is 11.2. The van der Waals surface area contributed by atoms with Gasteiger partial charge in [-0.05, 0) is 18.9 Å². The maximum Gasteiger partial charge on any atom is 0.317 e. The van der Waals surface area contributed by atoms with Gasteiger partial charge in [0.15, 0.2) is 11.5 Å². The molecule has 4 heterocycles. The molecule has 3 aromatic heterocycles. The van der Waals surface area contributed by atoms with Crippen molar-refractivity contribution in [2.75, 3.05) is 19.6 Å². The highest BCUT2D eigenvalue weighted by atomic mass is 35.5. The van der Waals surface area contributed by atoms with Crippen LogP contribution in [-0.2, 0) is 17.8 Å². The van der Waals surface area contributed by atoms with Gasteiger partial charge in [0.2, 0.25) is 0 Å². The van der Waals surface area contributed by atoms with E-state index in [-0.39, 0.29) is 18.7 Å². The molecule has 0 radical (unpaired) electrons. The molecule has 0 saturated carbocycles. The highest BCUT2D eigenvalue weighted by Crippen LogP contribution is 2.15. The summed E-state index contributed by atoms with van der Waals surface area (Å²) >= 11 is 5.97. The fourth-order valence-electron chi connectivity index (χ4n) is 2.74. The van der Waals surface area contributed by atoms with Crippen molar-refractivity contribution in [2.24, 2.45) is 0 Å². The molecule has 0 bridgehead atoms. The van der Waals surface area contributed by atoms with Crippen LogP contribution in [0.1, 0.15) is 17.3 Å². The molecule has 11 heteroatoms. The quantitative estimate of drug-likeness (QED) is 0.672. The molecule has 1 N–H and O–H groups in total. The molecule has 0 aromatic carbocycles. The van der Waals surface area contributed by atoms with Crippen LogP contribution in [0.15, 0.2) is 23.1 Å². The van der Waals surface area contributed by atoms with Crippen LogP contribution in [0.4, 0.5) is 4.79 Å². The van der Waals surface area contributed by atoms with E-state index in [1.807, 2.05) is 6.20 Å². The third-order valence-corrected chi connectivity index (χ3v) is 4.47. The summed E-state index contributed by atoms with van der Waals surface area (Å²) in [5.41, 5.74) is 1.58. The van der Waals surface area contributed by atoms with Crippen molar-refractivity contribution >= 4 is 23.3 Å². The summed E-state index contributed by atoms with van der Waals surface area (Å²) in [6, 6.07) is -0.111. The second-order valence-electron chi connectivity index (χ2n) is 6.28. The number of aromatic nitrogens is 5. The average Bonchev–Trinajstić information content (AvgIpc) is 3.19. The number of rotatable bonds is 6. The number of nitrogens with zero attached hydrogens (tertiary/aromatic N) is 6. The first-order chi connectivity index (χ1) is 13.1. The normalized spacial score (nSPS) is 14.5. The van der Waals surface area contributed by atoms with Crippen molar-refractivity contribution in [2.45, 2.75) is 26.1 Å². The first-order valence-electron chi connectivity index (χ1n) is 8.50. The van der Waals surface area contributed by atoms with E-state index in [1.165, 1.54) is 0 Å². The first kappa shape index (κ1) is 17.7. The number of nitrogens with one attached hydrogen (secondary N) is 1. The van der Waals surface area contributed by atoms with Crippen molar-refractivity contribution in [3.05, 3.63) is 40.9 Å². The highest BCUT2D eigenvalue weighted by Gasteiger charge is 2.31. The Labute approximate surface area is 159 Å². The van der Waals surface area contributed by atoms with Gasteiger partial charge in [0, 0.05) is 18.9 Å². The van der Waals surface area contributed by atoms with Crippen molar-refractivity contribution in [1.82, 2.24) is 35.0 Å². The van der Waals surface area contributed by atoms with Crippen LogP contribution in [0.25, 0.3) is 5.65 Å². The van der Waals surface area contributed by atoms with Gasteiger partial charge in [-0.25, -0.2) is 14.3 Å². The number of carbonyl (C=O) groups excluding carboxylic acids is 1. The molecule has 27 heavy (non-hydrogen) atoms. The van der Waals surface area contributed by atoms with Gasteiger partial charge in [-0.3, -0.25) is 0 Å². The van der Waals surface area contributed by atoms with Gasteiger partial charge < -0.3 is 19.5 Å². The molecular weight excluding hydrogens is 374 g/mol. The number of fused-ring (bicyclic) bond motifs is 1. The smallest absolute Gasteiger partial charge is 0.317 e. The molecule has 0 unspecified atom stereocenters. The summed E-state index contributed by atoms with van der Waals surface area (Å²) < 4.78 is 12.2. The van der Waals surface area contributed by atoms with E-state index >= 15 is 0 Å². The number of carbonyl (C=O) groups is 1. The maximum atomic E-state index is 12.1. The minimum atomic E-state index is -0.111. The van der Waals surface area contributed by atoms with Crippen LogP contribution >= 0.6 is 11.6 Å². The number of hydrogen-bond acceptors (Lipinski definition) is 7. The Morgan fingerprint density at radius 3 is 3.07 bits per heavy atom. The van der Waals surface area contributed by atoms with Gasteiger partial charge in [0.05, 0.1) is 25.4 Å². The number of ether oxygens (including phenoxy) is 1. The zero-order valence-electron chi connectivity index (χ0n) is 14.6. The first-order valence-corrected chi connectivity index (χ1v) is 8.87. The molecular formula is C16H18ClN7O3. The van der Waals surface area contributed by atoms with Gasteiger partial charge in [0.1, 0.15) is 11.6 Å². The lowest BCUT2D eigenvalue weighted by Gasteiger charge is -2.38. The molecule has 142 valence electrons. The van der Waals surface area contributed by atoms with Crippen molar-refractivity contribution in [3.63, 3.8) is 0 Å². The lowest BCUT2D eigenvalue weighted by Crippen LogP contribution is -2.57. The summed E-state index contributed by atoms with van der Waals surface area (Å²) in [6.07, 6.45) is 5.78. The summed E-state index contributed by atoms with van der Waals surface area (Å²) in [5.74, 6) is 1.02. The standard InChI is InChI=1S/C16H18ClN7O3/c1-10-21-14(27-22-10)9-26-12-7-23(8-12)16(25)18-3-2-11-4-19-15-13(17)5-20-24(15)6-11/h4-6,12H,2-3,7-9H2,1H3,(H,18,25). The molecule has 1 fully saturated rings. The van der Waals surface area contributed by atoms with Gasteiger partial charge in [-0.2, -0.15) is 10.1 Å². The Bertz CT molecular complexity index is 951. The van der Waals surface area contributed by atoms with Gasteiger partial charge in [-0.1, -0.05) is 16.8 Å². The van der Waals surface area contributed by atoms with Crippen LogP contribution in [0, 0.1) is 6.92 Å². The molecule has 1 aliphatic rings. The summed E-state index contributed by atoms with van der Waals surface area (Å²) in [7, 11) is 0. The van der Waals surface area contributed by atoms with Crippen molar-refractivity contribution < 1.29 is 14.1 Å². The number of halogens is 1. The summed E-state index contributed by atoms with van der Waals surface area (Å²) in [4.78, 5) is 22.2. The Balaban J connectivity index is 1.17. The number of urea groups is 1. The molecule has 1 aliphatic heterocycles. The molecule has 0 spiro atoms. The van der Waals surface area contributed by atoms with Crippen LogP contribution in [-0.4, -0.2) is 61.4 Å². The molecule has 10 nitrogen and oxygen atoms in total. The SMILES string of the molecule is Cc1noc(COC2CN(C(=O)NCCc3cnc4c(Cl)cnn4c3)C2)n1. The zero-order valence-corrected chi connectivity index (χ0v) is 15.4. The summed E-state index contributed by atoms with van der Waals surface area (Å²) in [6.45, 7) is 3.59. The maximum absolute atomic E-state index is 12.1. The lowest BCUT2D eigenvalue weighted by molar-refractivity contribution is -0.0515. The van der Waals surface area contributed by atoms with Crippen LogP contribution < -0.4 is 5.32 Å². The Morgan fingerprint density at radius 2 is 2.30 bits per heavy atom. The topological polar surface area (TPSA) is 111 Å². The Morgan fingerprint density at radius 1 is 1.44 bits per heavy atom. The van der Waals surface area contributed by atoms with E-state index in [2.05, 4.69) is 25.5 Å². The monoisotopic (exact) mass is 391 g/mol. The molecule has 3 aromatic rings. The number of likely N-dealkylation sites (tertiary alicyclic amines) is 1. The van der Waals surface area contributed by atoms with Crippen LogP contribution in [0.3, 0.4) is 0 Å². The van der Waals surface area contributed by atoms with Crippen LogP contribution in [0.2, 0.25) is 5.02 Å². The fourth-order valence-corrected chi connectivity index (χ4v) is 2.92. The largest absolute Gasteiger partial charge is 0.365 e. The Hall–Kier alpha value is -2.72. The second-order valence-corrected chi connectivity index (χ2v) is 6.69. The van der Waals surface area contributed by atoms with Crippen molar-refractivity contribution in [1.29, 1.82) is 0 Å². The van der Waals surface area contributed by atoms with E-state index in [1.54, 1.807) is 28.7 Å². The van der Waals surface area contributed by atoms with E-state index in [0.29, 0.717) is 48.4 Å². The highest BCUT2D eigenvalue weighted by molar-refractivity contribution is 6.33. The second kappa shape index (κ2) is 7.49. The molecule has 0 aliphatic carbocycles. The van der Waals surface area contributed by atoms with Gasteiger partial charge >= 0.3 is 6.03 Å². The van der Waals surface area contributed by atoms with E-state index in [9.17, 15) is 4.79 Å².